The van der Waals surface area contributed by atoms with Crippen molar-refractivity contribution in [2.75, 3.05) is 12.5 Å². The number of sulfone groups is 2. The van der Waals surface area contributed by atoms with Crippen LogP contribution in [0.2, 0.25) is 0 Å². The van der Waals surface area contributed by atoms with Gasteiger partial charge in [0.25, 0.3) is 0 Å². The monoisotopic (exact) mass is 369 g/mol. The number of carbonyl (C=O) groups excluding carboxylic acids is 1. The molecule has 0 saturated carbocycles. The van der Waals surface area contributed by atoms with Gasteiger partial charge in [0.2, 0.25) is 0 Å². The first-order valence-corrected chi connectivity index (χ1v) is 9.36. The Kier molecular flexibility index (Phi) is 6.13. The van der Waals surface area contributed by atoms with Crippen LogP contribution < -0.4 is 28.9 Å². The quantitative estimate of drug-likeness (QED) is 0.357. The van der Waals surface area contributed by atoms with Crippen LogP contribution in [0.4, 0.5) is 0 Å². The molecular formula is C11H16ClN3O5S2. The highest BCUT2D eigenvalue weighted by molar-refractivity contribution is 7.93. The number of amides is 1. The van der Waals surface area contributed by atoms with Crippen LogP contribution in [0.15, 0.2) is 21.9 Å². The zero-order valence-corrected chi connectivity index (χ0v) is 14.4. The van der Waals surface area contributed by atoms with Crippen LogP contribution in [0.3, 0.4) is 0 Å². The fourth-order valence-corrected chi connectivity index (χ4v) is 4.16. The Bertz CT molecular complexity index is 832. The summed E-state index contributed by atoms with van der Waals surface area (Å²) in [6.07, 6.45) is 1.75. The van der Waals surface area contributed by atoms with E-state index in [1.807, 2.05) is 0 Å². The predicted octanol–water partition coefficient (Wildman–Crippen LogP) is -5.39. The Morgan fingerprint density at radius 1 is 1.09 bits per heavy atom. The lowest BCUT2D eigenvalue weighted by Gasteiger charge is -2.11. The van der Waals surface area contributed by atoms with Gasteiger partial charge in [0.05, 0.1) is 15.4 Å². The van der Waals surface area contributed by atoms with E-state index in [0.717, 1.165) is 24.6 Å². The first-order chi connectivity index (χ1) is 9.34. The molecule has 22 heavy (non-hydrogen) atoms. The van der Waals surface area contributed by atoms with Crippen molar-refractivity contribution in [3.8, 4) is 0 Å². The van der Waals surface area contributed by atoms with E-state index in [0.29, 0.717) is 0 Å². The van der Waals surface area contributed by atoms with E-state index in [2.05, 4.69) is 5.32 Å². The summed E-state index contributed by atoms with van der Waals surface area (Å²) in [4.78, 5) is 11.1. The van der Waals surface area contributed by atoms with E-state index < -0.39 is 30.5 Å². The number of aryl methyl sites for hydroxylation is 1. The van der Waals surface area contributed by atoms with Crippen LogP contribution in [-0.2, 0) is 19.7 Å². The number of nitrogens with two attached hydrogens (primary N) is 2. The maximum Gasteiger partial charge on any atom is 0.346 e. The minimum Gasteiger partial charge on any atom is -1.00 e. The second-order valence-electron chi connectivity index (χ2n) is 4.57. The Hall–Kier alpha value is -1.65. The summed E-state index contributed by atoms with van der Waals surface area (Å²) in [5.74, 6) is -1.08. The average molecular weight is 370 g/mol. The van der Waals surface area contributed by atoms with Crippen molar-refractivity contribution in [1.29, 1.82) is 0 Å². The molecule has 0 aliphatic rings. The topological polar surface area (TPSA) is 149 Å². The number of halogens is 1. The largest absolute Gasteiger partial charge is 1.00 e. The lowest BCUT2D eigenvalue weighted by molar-refractivity contribution is -0.119. The zero-order valence-electron chi connectivity index (χ0n) is 12.0. The zero-order chi connectivity index (χ0) is 16.6. The molecule has 0 spiro atoms. The lowest BCUT2D eigenvalue weighted by atomic mass is 10.1. The van der Waals surface area contributed by atoms with E-state index in [1.54, 1.807) is 0 Å². The summed E-state index contributed by atoms with van der Waals surface area (Å²) >= 11 is 0. The van der Waals surface area contributed by atoms with Crippen LogP contribution in [0.5, 0.6) is 0 Å². The Morgan fingerprint density at radius 2 is 1.50 bits per heavy atom. The molecular weight excluding hydrogens is 354 g/mol. The van der Waals surface area contributed by atoms with Gasteiger partial charge in [0.1, 0.15) is 0 Å². The molecule has 11 heteroatoms. The van der Waals surface area contributed by atoms with Gasteiger partial charge in [-0.05, 0) is 24.6 Å². The molecule has 1 aromatic rings. The average Bonchev–Trinajstić information content (AvgIpc) is 2.24. The van der Waals surface area contributed by atoms with Gasteiger partial charge in [0, 0.05) is 12.5 Å². The summed E-state index contributed by atoms with van der Waals surface area (Å²) < 4.78 is 46.9. The lowest BCUT2D eigenvalue weighted by Crippen LogP contribution is -3.00. The Balaban J connectivity index is 0.00000441. The smallest absolute Gasteiger partial charge is 0.346 e. The van der Waals surface area contributed by atoms with Crippen LogP contribution in [-0.4, -0.2) is 41.2 Å². The van der Waals surface area contributed by atoms with E-state index >= 15 is 0 Å². The van der Waals surface area contributed by atoms with Crippen LogP contribution >= 0.6 is 0 Å². The van der Waals surface area contributed by atoms with Crippen LogP contribution in [0.25, 0.3) is 0 Å². The molecule has 0 aliphatic carbocycles. The van der Waals surface area contributed by atoms with Crippen molar-refractivity contribution in [2.24, 2.45) is 5.73 Å². The second kappa shape index (κ2) is 6.63. The fraction of sp³-hybridized carbons (Fsp3) is 0.273. The number of nitrogens with one attached hydrogen (secondary N) is 1. The minimum absolute atomic E-state index is 0. The van der Waals surface area contributed by atoms with Crippen molar-refractivity contribution in [2.45, 2.75) is 16.7 Å². The first kappa shape index (κ1) is 20.3. The normalized spacial score (nSPS) is 11.4. The molecule has 0 atom stereocenters. The molecule has 1 rings (SSSR count). The predicted molar refractivity (Wildman–Crippen MR) is 76.0 cm³/mol. The molecule has 0 heterocycles. The third kappa shape index (κ3) is 4.68. The van der Waals surface area contributed by atoms with Gasteiger partial charge in [-0.15, -0.1) is 0 Å². The SMILES string of the molecule is Cc1cc(S(C)(=O)=O)c(S(C)(=O)=O)cc1C(=O)NC(N)=[NH2+].[Cl-]. The van der Waals surface area contributed by atoms with Crippen LogP contribution in [0, 0.1) is 6.92 Å². The van der Waals surface area contributed by atoms with E-state index in [9.17, 15) is 21.6 Å². The maximum atomic E-state index is 11.9. The number of hydrogen-bond acceptors (Lipinski definition) is 5. The van der Waals surface area contributed by atoms with Gasteiger partial charge in [-0.2, -0.15) is 0 Å². The molecule has 0 radical (unpaired) electrons. The highest BCUT2D eigenvalue weighted by atomic mass is 35.5. The molecule has 5 N–H and O–H groups in total. The molecule has 1 amide bonds. The summed E-state index contributed by atoms with van der Waals surface area (Å²) in [5, 5.41) is 7.28. The van der Waals surface area contributed by atoms with Crippen molar-refractivity contribution >= 4 is 31.5 Å². The number of guanidine groups is 1. The van der Waals surface area contributed by atoms with Gasteiger partial charge in [-0.25, -0.2) is 22.2 Å². The highest BCUT2D eigenvalue weighted by Crippen LogP contribution is 2.25. The summed E-state index contributed by atoms with van der Waals surface area (Å²) in [6, 6.07) is 2.13. The van der Waals surface area contributed by atoms with Crippen molar-refractivity contribution in [3.63, 3.8) is 0 Å². The third-order valence-electron chi connectivity index (χ3n) is 2.59. The fourth-order valence-electron chi connectivity index (χ4n) is 1.68. The summed E-state index contributed by atoms with van der Waals surface area (Å²) in [7, 11) is -7.62. The molecule has 1 aromatic carbocycles. The van der Waals surface area contributed by atoms with Gasteiger partial charge in [0.15, 0.2) is 19.7 Å². The molecule has 124 valence electrons. The van der Waals surface area contributed by atoms with Gasteiger partial charge >= 0.3 is 11.9 Å². The highest BCUT2D eigenvalue weighted by Gasteiger charge is 2.25. The molecule has 0 fully saturated rings. The first-order valence-electron chi connectivity index (χ1n) is 5.58. The van der Waals surface area contributed by atoms with E-state index in [1.165, 1.54) is 6.92 Å². The van der Waals surface area contributed by atoms with E-state index in [4.69, 9.17) is 11.1 Å². The van der Waals surface area contributed by atoms with Crippen molar-refractivity contribution in [3.05, 3.63) is 23.3 Å². The molecule has 0 saturated heterocycles. The number of benzene rings is 1. The van der Waals surface area contributed by atoms with Crippen molar-refractivity contribution in [1.82, 2.24) is 5.32 Å². The van der Waals surface area contributed by atoms with Gasteiger partial charge < -0.3 is 12.4 Å². The molecule has 0 unspecified atom stereocenters. The number of rotatable bonds is 3. The molecule has 0 aromatic heterocycles. The van der Waals surface area contributed by atoms with E-state index in [-0.39, 0.29) is 34.4 Å². The number of hydrogen-bond donors (Lipinski definition) is 3. The van der Waals surface area contributed by atoms with Gasteiger partial charge in [-0.3, -0.25) is 15.9 Å². The van der Waals surface area contributed by atoms with Crippen molar-refractivity contribution < 1.29 is 39.4 Å². The summed E-state index contributed by atoms with van der Waals surface area (Å²) in [5.41, 5.74) is 5.40. The second-order valence-corrected chi connectivity index (χ2v) is 8.54. The third-order valence-corrected chi connectivity index (χ3v) is 4.99. The Labute approximate surface area is 134 Å². The maximum absolute atomic E-state index is 11.9. The summed E-state index contributed by atoms with van der Waals surface area (Å²) in [6.45, 7) is 1.47. The molecule has 0 aliphatic heterocycles. The number of carbonyl (C=O) groups is 1. The standard InChI is InChI=1S/C11H15N3O5S2.ClH/c1-6-4-8(20(2,16)17)9(21(3,18)19)5-7(6)10(15)14-11(12)13;/h4-5H,1-3H3,(H4,12,13,14,15);1H. The molecule has 0 bridgehead atoms. The Morgan fingerprint density at radius 3 is 1.86 bits per heavy atom. The van der Waals surface area contributed by atoms with Gasteiger partial charge in [-0.1, -0.05) is 0 Å². The van der Waals surface area contributed by atoms with Crippen LogP contribution in [0.1, 0.15) is 15.9 Å². The molecule has 8 nitrogen and oxygen atoms in total. The minimum atomic E-state index is -3.85.